The minimum absolute atomic E-state index is 0.0171. The Labute approximate surface area is 469 Å². The lowest BCUT2D eigenvalue weighted by Crippen LogP contribution is -2.62. The average molecular weight is 1140 g/mol. The summed E-state index contributed by atoms with van der Waals surface area (Å²) in [5.41, 5.74) is 6.95. The molecule has 0 aliphatic carbocycles. The molecule has 444 valence electrons. The summed E-state index contributed by atoms with van der Waals surface area (Å²) in [6.07, 6.45) is -2.40. The molecule has 0 heterocycles. The molecule has 10 atom stereocenters. The van der Waals surface area contributed by atoms with Crippen molar-refractivity contribution in [2.75, 3.05) is 12.0 Å². The minimum atomic E-state index is -1.82. The molecule has 0 aliphatic heterocycles. The van der Waals surface area contributed by atoms with Crippen LogP contribution in [0, 0.1) is 17.8 Å². The monoisotopic (exact) mass is 1140 g/mol. The van der Waals surface area contributed by atoms with Gasteiger partial charge in [0.2, 0.25) is 47.3 Å². The zero-order valence-corrected chi connectivity index (χ0v) is 47.3. The Kier molecular flexibility index (Phi) is 29.8. The molecule has 0 bridgehead atoms. The first-order valence-corrected chi connectivity index (χ1v) is 27.8. The molecule has 0 aromatic heterocycles. The normalized spacial score (nSPS) is 15.0. The molecule has 0 radical (unpaired) electrons. The Morgan fingerprint density at radius 1 is 0.475 bits per heavy atom. The third kappa shape index (κ3) is 25.2. The van der Waals surface area contributed by atoms with Crippen molar-refractivity contribution in [2.45, 2.75) is 167 Å². The number of nitrogens with two attached hydrogens (primary N) is 1. The predicted molar refractivity (Wildman–Crippen MR) is 295 cm³/mol. The molecule has 8 amide bonds. The Morgan fingerprint density at radius 2 is 0.875 bits per heavy atom. The van der Waals surface area contributed by atoms with Crippen molar-refractivity contribution in [3.8, 4) is 5.75 Å². The van der Waals surface area contributed by atoms with Gasteiger partial charge in [0.25, 0.3) is 0 Å². The molecule has 0 spiro atoms. The average Bonchev–Trinajstić information content (AvgIpc) is 3.37. The Balaban J connectivity index is 2.56. The van der Waals surface area contributed by atoms with Crippen LogP contribution < -0.4 is 48.3 Å². The Hall–Kier alpha value is -7.32. The second-order valence-corrected chi connectivity index (χ2v) is 21.7. The number of carbonyl (C=O) groups is 11. The topological polar surface area (TPSA) is 411 Å². The smallest absolute Gasteiger partial charge is 0.326 e. The second-order valence-electron chi connectivity index (χ2n) is 20.7. The number of thioether (sulfide) groups is 1. The van der Waals surface area contributed by atoms with E-state index < -0.39 is 157 Å². The third-order valence-corrected chi connectivity index (χ3v) is 13.1. The highest BCUT2D eigenvalue weighted by atomic mass is 32.2. The first kappa shape index (κ1) is 68.8. The van der Waals surface area contributed by atoms with Crippen LogP contribution in [0.3, 0.4) is 0 Å². The number of aliphatic hydroxyl groups is 1. The van der Waals surface area contributed by atoms with Crippen LogP contribution in [0.15, 0.2) is 54.6 Å². The maximum absolute atomic E-state index is 14.6. The van der Waals surface area contributed by atoms with Crippen molar-refractivity contribution in [3.63, 3.8) is 0 Å². The van der Waals surface area contributed by atoms with Crippen molar-refractivity contribution in [2.24, 2.45) is 23.5 Å². The van der Waals surface area contributed by atoms with E-state index in [2.05, 4.69) is 42.5 Å². The van der Waals surface area contributed by atoms with Crippen molar-refractivity contribution in [1.82, 2.24) is 42.5 Å². The summed E-state index contributed by atoms with van der Waals surface area (Å²) in [5, 5.41) is 69.7. The Bertz CT molecular complexity index is 2410. The van der Waals surface area contributed by atoms with E-state index in [1.165, 1.54) is 36.0 Å². The number of aliphatic carboxylic acids is 3. The fourth-order valence-corrected chi connectivity index (χ4v) is 8.56. The van der Waals surface area contributed by atoms with Crippen molar-refractivity contribution >= 4 is 76.9 Å². The summed E-state index contributed by atoms with van der Waals surface area (Å²) in [4.78, 5) is 147. The summed E-state index contributed by atoms with van der Waals surface area (Å²) in [5.74, 6) is -12.2. The van der Waals surface area contributed by atoms with Crippen LogP contribution >= 0.6 is 11.8 Å². The highest BCUT2D eigenvalue weighted by molar-refractivity contribution is 7.98. The second kappa shape index (κ2) is 34.6. The van der Waals surface area contributed by atoms with Crippen molar-refractivity contribution in [3.05, 3.63) is 65.7 Å². The van der Waals surface area contributed by atoms with Crippen molar-refractivity contribution in [1.29, 1.82) is 0 Å². The quantitative estimate of drug-likeness (QED) is 0.0430. The molecule has 0 unspecified atom stereocenters. The number of hydrogen-bond donors (Lipinski definition) is 14. The van der Waals surface area contributed by atoms with Crippen LogP contribution in [-0.4, -0.2) is 163 Å². The van der Waals surface area contributed by atoms with Gasteiger partial charge in [-0.05, 0) is 92.0 Å². The maximum atomic E-state index is 14.6. The molecule has 2 rings (SSSR count). The van der Waals surface area contributed by atoms with Gasteiger partial charge in [-0.3, -0.25) is 47.9 Å². The van der Waals surface area contributed by atoms with Crippen LogP contribution in [-0.2, 0) is 65.6 Å². The van der Waals surface area contributed by atoms with E-state index >= 15 is 0 Å². The van der Waals surface area contributed by atoms with Gasteiger partial charge in [0.15, 0.2) is 0 Å². The molecule has 0 saturated heterocycles. The number of rotatable bonds is 36. The highest BCUT2D eigenvalue weighted by Gasteiger charge is 2.37. The molecule has 0 fully saturated rings. The number of nitrogens with one attached hydrogen (secondary N) is 8. The van der Waals surface area contributed by atoms with E-state index in [4.69, 9.17) is 5.73 Å². The molecule has 0 aliphatic rings. The third-order valence-electron chi connectivity index (χ3n) is 12.4. The van der Waals surface area contributed by atoms with Crippen LogP contribution in [0.1, 0.15) is 105 Å². The predicted octanol–water partition coefficient (Wildman–Crippen LogP) is 0.0794. The number of benzene rings is 2. The number of phenolic OH excluding ortho intramolecular Hbond substituents is 1. The number of phenols is 1. The number of carbonyl (C=O) groups excluding carboxylic acids is 8. The van der Waals surface area contributed by atoms with E-state index in [-0.39, 0.29) is 43.3 Å². The summed E-state index contributed by atoms with van der Waals surface area (Å²) >= 11 is 1.33. The molecule has 15 N–H and O–H groups in total. The highest BCUT2D eigenvalue weighted by Crippen LogP contribution is 2.15. The summed E-state index contributed by atoms with van der Waals surface area (Å²) in [6, 6.07) is 0.614. The summed E-state index contributed by atoms with van der Waals surface area (Å²) in [7, 11) is 0. The molecule has 0 saturated carbocycles. The van der Waals surface area contributed by atoms with Gasteiger partial charge in [-0.25, -0.2) is 4.79 Å². The molecule has 80 heavy (non-hydrogen) atoms. The van der Waals surface area contributed by atoms with Crippen LogP contribution in [0.2, 0.25) is 0 Å². The standard InChI is InChI=1S/C54H81N9O16S/c1-28(2)24-35(55)46(70)62-44(30(5)6)52(76)57-37(19-21-43(68)69)48(72)59-40(27-33-14-16-34(65)17-15-33)50(74)60-41(26-32-12-10-9-11-13-32)51(75)63-45(31(7)64)53(77)61-39(25-29(3)4)49(73)56-36(18-20-42(66)67)47(71)58-38(54(78)79)22-23-80-8/h9-17,28-31,35-41,44-45,64-65H,18-27,55H2,1-8H3,(H,56,73)(H,57,76)(H,58,71)(H,59,72)(H,60,74)(H,61,77)(H,62,70)(H,63,75)(H,66,67)(H,68,69)(H,78,79)/t31-,35+,36+,37+,38+,39+,40+,41+,44+,45+/m1/s1. The largest absolute Gasteiger partial charge is 0.508 e. The summed E-state index contributed by atoms with van der Waals surface area (Å²) in [6.45, 7) is 11.6. The van der Waals surface area contributed by atoms with E-state index in [0.717, 1.165) is 6.92 Å². The van der Waals surface area contributed by atoms with E-state index in [1.807, 2.05) is 13.8 Å². The maximum Gasteiger partial charge on any atom is 0.326 e. The van der Waals surface area contributed by atoms with Gasteiger partial charge in [-0.15, -0.1) is 0 Å². The van der Waals surface area contributed by atoms with Gasteiger partial charge in [-0.1, -0.05) is 84.0 Å². The van der Waals surface area contributed by atoms with Gasteiger partial charge in [0.05, 0.1) is 12.1 Å². The minimum Gasteiger partial charge on any atom is -0.508 e. The molecule has 26 heteroatoms. The summed E-state index contributed by atoms with van der Waals surface area (Å²) < 4.78 is 0. The lowest BCUT2D eigenvalue weighted by atomic mass is 9.99. The number of carboxylic acid groups (broad SMARTS) is 3. The molecule has 2 aromatic carbocycles. The van der Waals surface area contributed by atoms with Crippen molar-refractivity contribution < 1.29 is 78.3 Å². The number of hydrogen-bond acceptors (Lipinski definition) is 15. The number of carboxylic acids is 3. The first-order chi connectivity index (χ1) is 37.5. The number of aromatic hydroxyl groups is 1. The SMILES string of the molecule is CSCC[C@H](NC(=O)[C@H](CCC(=O)O)NC(=O)[C@H](CC(C)C)NC(=O)[C@@H](NC(=O)[C@H](Cc1ccccc1)NC(=O)[C@H](Cc1ccc(O)cc1)NC(=O)[C@H](CCC(=O)O)NC(=O)[C@@H](NC(=O)[C@@H](N)CC(C)C)C(C)C)[C@@H](C)O)C(=O)O. The van der Waals surface area contributed by atoms with Crippen LogP contribution in [0.25, 0.3) is 0 Å². The fourth-order valence-electron chi connectivity index (χ4n) is 8.09. The van der Waals surface area contributed by atoms with Gasteiger partial charge < -0.3 is 73.8 Å². The molecule has 2 aromatic rings. The van der Waals surface area contributed by atoms with E-state index in [9.17, 15) is 78.3 Å². The fraction of sp³-hybridized carbons (Fsp3) is 0.574. The zero-order chi connectivity index (χ0) is 60.4. The van der Waals surface area contributed by atoms with Gasteiger partial charge in [0, 0.05) is 25.7 Å². The zero-order valence-electron chi connectivity index (χ0n) is 46.5. The lowest BCUT2D eigenvalue weighted by molar-refractivity contribution is -0.143. The Morgan fingerprint density at radius 3 is 1.32 bits per heavy atom. The number of amides is 8. The first-order valence-electron chi connectivity index (χ1n) is 26.4. The molecular formula is C54H81N9O16S. The van der Waals surface area contributed by atoms with Gasteiger partial charge >= 0.3 is 17.9 Å². The van der Waals surface area contributed by atoms with E-state index in [0.29, 0.717) is 23.3 Å². The lowest BCUT2D eigenvalue weighted by Gasteiger charge is -2.29. The molecule has 25 nitrogen and oxygen atoms in total. The van der Waals surface area contributed by atoms with Gasteiger partial charge in [-0.2, -0.15) is 11.8 Å². The van der Waals surface area contributed by atoms with Gasteiger partial charge in [0.1, 0.15) is 54.1 Å². The van der Waals surface area contributed by atoms with Crippen LogP contribution in [0.5, 0.6) is 5.75 Å². The number of aliphatic hydroxyl groups excluding tert-OH is 1. The van der Waals surface area contributed by atoms with E-state index in [1.54, 1.807) is 64.3 Å². The van der Waals surface area contributed by atoms with Crippen LogP contribution in [0.4, 0.5) is 0 Å². The molecular weight excluding hydrogens is 1060 g/mol.